The Hall–Kier alpha value is -2.96. The molecule has 31 heavy (non-hydrogen) atoms. The quantitative estimate of drug-likeness (QED) is 0.676. The average molecular weight is 423 g/mol. The van der Waals surface area contributed by atoms with Crippen molar-refractivity contribution < 1.29 is 14.2 Å². The molecule has 5 rings (SSSR count). The first-order valence-electron chi connectivity index (χ1n) is 10.6. The number of hydrogen-bond acceptors (Lipinski definition) is 5. The monoisotopic (exact) mass is 423 g/mol. The number of pyridine rings is 1. The summed E-state index contributed by atoms with van der Waals surface area (Å²) in [7, 11) is 1.68. The number of phenols is 1. The smallest absolute Gasteiger partial charge is 0.258 e. The number of phenolic OH excluding ortho intramolecular Hbond substituents is 1. The maximum absolute atomic E-state index is 15.2. The van der Waals surface area contributed by atoms with Gasteiger partial charge in [-0.2, -0.15) is 0 Å². The zero-order chi connectivity index (χ0) is 22.0. The maximum Gasteiger partial charge on any atom is 0.258 e. The second-order valence-corrected chi connectivity index (χ2v) is 9.85. The molecule has 7 heteroatoms. The highest BCUT2D eigenvalue weighted by Crippen LogP contribution is 2.59. The Morgan fingerprint density at radius 3 is 2.74 bits per heavy atom. The Balaban J connectivity index is 1.43. The number of aromatic nitrogens is 3. The second-order valence-electron chi connectivity index (χ2n) is 9.85. The van der Waals surface area contributed by atoms with Gasteiger partial charge in [0.1, 0.15) is 18.0 Å². The van der Waals surface area contributed by atoms with Gasteiger partial charge in [-0.25, -0.2) is 4.39 Å². The average Bonchev–Trinajstić information content (AvgIpc) is 3.01. The summed E-state index contributed by atoms with van der Waals surface area (Å²) < 4.78 is 22.6. The molecule has 4 atom stereocenters. The van der Waals surface area contributed by atoms with E-state index in [2.05, 4.69) is 17.1 Å². The number of nitrogens with zero attached hydrogens (tertiary/aromatic N) is 3. The first-order chi connectivity index (χ1) is 14.7. The molecule has 2 aromatic heterocycles. The molecular formula is C24H26FN3O3. The van der Waals surface area contributed by atoms with Gasteiger partial charge < -0.3 is 14.4 Å². The predicted octanol–water partition coefficient (Wildman–Crippen LogP) is 4.39. The number of hydrogen-bond donors (Lipinski definition) is 1. The molecule has 0 amide bonds. The van der Waals surface area contributed by atoms with Crippen molar-refractivity contribution in [2.75, 3.05) is 0 Å². The van der Waals surface area contributed by atoms with Gasteiger partial charge in [0.15, 0.2) is 0 Å². The standard InChI is InChI=1S/C24H26FN3O3/c1-23-7-8-24(2,13-23)21(25)19(12-23)31-20-5-4-17(26-27-20)16-11-15-14(10-18(16)29)6-9-28(3)22(15)30/h4-6,9-11,19,21,29H,7-8,12-13H2,1-3H3/t19-,21-,23-,24-/m1/s1. The van der Waals surface area contributed by atoms with Gasteiger partial charge in [0.05, 0.1) is 5.69 Å². The van der Waals surface area contributed by atoms with Crippen LogP contribution in [0.3, 0.4) is 0 Å². The van der Waals surface area contributed by atoms with E-state index in [4.69, 9.17) is 4.74 Å². The largest absolute Gasteiger partial charge is 0.507 e. The van der Waals surface area contributed by atoms with Crippen LogP contribution in [0.25, 0.3) is 22.0 Å². The van der Waals surface area contributed by atoms with E-state index in [0.29, 0.717) is 28.5 Å². The van der Waals surface area contributed by atoms with Crippen LogP contribution in [0.4, 0.5) is 4.39 Å². The summed E-state index contributed by atoms with van der Waals surface area (Å²) >= 11 is 0. The lowest BCUT2D eigenvalue weighted by Gasteiger charge is -2.42. The number of halogens is 1. The molecule has 2 aliphatic carbocycles. The van der Waals surface area contributed by atoms with Crippen molar-refractivity contribution in [1.82, 2.24) is 14.8 Å². The van der Waals surface area contributed by atoms with Crippen LogP contribution >= 0.6 is 0 Å². The molecule has 2 aliphatic rings. The highest BCUT2D eigenvalue weighted by molar-refractivity contribution is 5.89. The third-order valence-electron chi connectivity index (χ3n) is 7.20. The Morgan fingerprint density at radius 1 is 1.19 bits per heavy atom. The molecule has 6 nitrogen and oxygen atoms in total. The molecule has 162 valence electrons. The van der Waals surface area contributed by atoms with Crippen LogP contribution < -0.4 is 10.3 Å². The molecular weight excluding hydrogens is 397 g/mol. The molecule has 3 aromatic rings. The van der Waals surface area contributed by atoms with Crippen LogP contribution in [-0.2, 0) is 7.05 Å². The van der Waals surface area contributed by atoms with E-state index in [1.54, 1.807) is 43.6 Å². The first kappa shape index (κ1) is 20.0. The zero-order valence-corrected chi connectivity index (χ0v) is 17.9. The summed E-state index contributed by atoms with van der Waals surface area (Å²) in [6.45, 7) is 4.22. The summed E-state index contributed by atoms with van der Waals surface area (Å²) in [5.74, 6) is 0.276. The van der Waals surface area contributed by atoms with Crippen LogP contribution in [0.15, 0.2) is 41.3 Å². The Labute approximate surface area is 179 Å². The molecule has 0 unspecified atom stereocenters. The van der Waals surface area contributed by atoms with Crippen LogP contribution in [0.2, 0.25) is 0 Å². The number of aromatic hydroxyl groups is 1. The van der Waals surface area contributed by atoms with Crippen LogP contribution in [0, 0.1) is 10.8 Å². The van der Waals surface area contributed by atoms with Gasteiger partial charge in [0.2, 0.25) is 5.88 Å². The Morgan fingerprint density at radius 2 is 2.00 bits per heavy atom. The highest BCUT2D eigenvalue weighted by Gasteiger charge is 2.56. The van der Waals surface area contributed by atoms with Crippen LogP contribution in [-0.4, -0.2) is 32.1 Å². The molecule has 2 saturated carbocycles. The fourth-order valence-corrected chi connectivity index (χ4v) is 5.55. The fourth-order valence-electron chi connectivity index (χ4n) is 5.55. The summed E-state index contributed by atoms with van der Waals surface area (Å²) in [5.41, 5.74) is 0.438. The van der Waals surface area contributed by atoms with Crippen LogP contribution in [0.1, 0.15) is 39.5 Å². The van der Waals surface area contributed by atoms with Gasteiger partial charge in [-0.3, -0.25) is 4.79 Å². The highest BCUT2D eigenvalue weighted by atomic mass is 19.1. The lowest BCUT2D eigenvalue weighted by atomic mass is 9.68. The summed E-state index contributed by atoms with van der Waals surface area (Å²) in [5, 5.41) is 19.9. The summed E-state index contributed by atoms with van der Waals surface area (Å²) in [6, 6.07) is 8.25. The second kappa shape index (κ2) is 6.77. The van der Waals surface area contributed by atoms with Gasteiger partial charge in [0, 0.05) is 35.7 Å². The van der Waals surface area contributed by atoms with Crippen molar-refractivity contribution in [1.29, 1.82) is 0 Å². The third-order valence-corrected chi connectivity index (χ3v) is 7.20. The number of fused-ring (bicyclic) bond motifs is 3. The number of ether oxygens (including phenoxy) is 1. The molecule has 0 spiro atoms. The van der Waals surface area contributed by atoms with Crippen molar-refractivity contribution in [3.8, 4) is 22.9 Å². The molecule has 0 aliphatic heterocycles. The number of alkyl halides is 1. The molecule has 0 radical (unpaired) electrons. The van der Waals surface area contributed by atoms with Gasteiger partial charge in [-0.1, -0.05) is 13.8 Å². The van der Waals surface area contributed by atoms with Crippen molar-refractivity contribution in [2.24, 2.45) is 17.9 Å². The van der Waals surface area contributed by atoms with Gasteiger partial charge in [0.25, 0.3) is 5.56 Å². The fraction of sp³-hybridized carbons (Fsp3) is 0.458. The molecule has 0 saturated heterocycles. The molecule has 2 bridgehead atoms. The van der Waals surface area contributed by atoms with E-state index in [1.807, 2.05) is 6.92 Å². The van der Waals surface area contributed by atoms with E-state index in [1.165, 1.54) is 4.57 Å². The number of rotatable bonds is 3. The molecule has 1 aromatic carbocycles. The number of aryl methyl sites for hydroxylation is 1. The molecule has 2 heterocycles. The van der Waals surface area contributed by atoms with E-state index < -0.39 is 12.3 Å². The van der Waals surface area contributed by atoms with Gasteiger partial charge >= 0.3 is 0 Å². The van der Waals surface area contributed by atoms with Gasteiger partial charge in [-0.05, 0) is 60.7 Å². The molecule has 1 N–H and O–H groups in total. The minimum Gasteiger partial charge on any atom is -0.507 e. The Kier molecular flexibility index (Phi) is 4.36. The lowest BCUT2D eigenvalue weighted by molar-refractivity contribution is -0.0432. The SMILES string of the molecule is Cn1ccc2cc(O)c(-c3ccc(O[C@@H]4C[C@@]5(C)CC[C@](C)(C5)[C@@H]4F)nn3)cc2c1=O. The van der Waals surface area contributed by atoms with Crippen molar-refractivity contribution in [2.45, 2.75) is 51.8 Å². The molecule has 2 fully saturated rings. The lowest BCUT2D eigenvalue weighted by Crippen LogP contribution is -2.46. The first-order valence-corrected chi connectivity index (χ1v) is 10.6. The Bertz CT molecular complexity index is 1230. The normalized spacial score (nSPS) is 29.9. The minimum atomic E-state index is -1.04. The van der Waals surface area contributed by atoms with E-state index in [-0.39, 0.29) is 28.0 Å². The minimum absolute atomic E-state index is 0.0113. The van der Waals surface area contributed by atoms with Crippen LogP contribution in [0.5, 0.6) is 11.6 Å². The van der Waals surface area contributed by atoms with E-state index in [9.17, 15) is 9.90 Å². The van der Waals surface area contributed by atoms with Crippen molar-refractivity contribution in [3.05, 3.63) is 46.9 Å². The van der Waals surface area contributed by atoms with Gasteiger partial charge in [-0.15, -0.1) is 10.2 Å². The topological polar surface area (TPSA) is 77.2 Å². The van der Waals surface area contributed by atoms with Crippen molar-refractivity contribution >= 4 is 10.8 Å². The van der Waals surface area contributed by atoms with E-state index in [0.717, 1.165) is 19.3 Å². The van der Waals surface area contributed by atoms with E-state index >= 15 is 4.39 Å². The van der Waals surface area contributed by atoms with Crippen molar-refractivity contribution in [3.63, 3.8) is 0 Å². The summed E-state index contributed by atoms with van der Waals surface area (Å²) in [4.78, 5) is 12.4. The summed E-state index contributed by atoms with van der Waals surface area (Å²) in [6.07, 6.45) is 3.56. The zero-order valence-electron chi connectivity index (χ0n) is 17.9. The maximum atomic E-state index is 15.2. The third kappa shape index (κ3) is 3.27. The number of benzene rings is 1. The predicted molar refractivity (Wildman–Crippen MR) is 116 cm³/mol.